The van der Waals surface area contributed by atoms with Gasteiger partial charge in [0.15, 0.2) is 0 Å². The number of terminal acetylenes is 1. The first-order chi connectivity index (χ1) is 11.8. The fraction of sp³-hybridized carbons (Fsp3) is 0.870. The van der Waals surface area contributed by atoms with Crippen LogP contribution >= 0.6 is 0 Å². The molecule has 0 aromatic rings. The van der Waals surface area contributed by atoms with Crippen LogP contribution in [0.3, 0.4) is 0 Å². The maximum Gasteiger partial charge on any atom is 0.135 e. The summed E-state index contributed by atoms with van der Waals surface area (Å²) < 4.78 is 0. The van der Waals surface area contributed by atoms with Gasteiger partial charge in [0.25, 0.3) is 0 Å². The standard InChI is InChI=1S/C23H30O2/c1-4-16-13-9-14(13)20-19-15-10-18(15)23(25)11-12(24)5-8-22(23,3)17(19)6-7-21(16,20)2/h1,13-20,25H,5-11H2,2-3H3. The van der Waals surface area contributed by atoms with Crippen LogP contribution in [0.2, 0.25) is 0 Å². The van der Waals surface area contributed by atoms with Crippen LogP contribution in [-0.2, 0) is 4.79 Å². The van der Waals surface area contributed by atoms with Crippen LogP contribution in [0.5, 0.6) is 0 Å². The van der Waals surface area contributed by atoms with Gasteiger partial charge in [0.05, 0.1) is 5.60 Å². The molecule has 6 fully saturated rings. The molecule has 0 spiro atoms. The Bertz CT molecular complexity index is 720. The lowest BCUT2D eigenvalue weighted by atomic mass is 9.42. The van der Waals surface area contributed by atoms with E-state index in [1.54, 1.807) is 0 Å². The first-order valence-electron chi connectivity index (χ1n) is 10.6. The topological polar surface area (TPSA) is 37.3 Å². The number of rotatable bonds is 0. The van der Waals surface area contributed by atoms with Gasteiger partial charge in [0, 0.05) is 24.2 Å². The number of Topliss-reactive ketones (excluding diaryl/α,β-unsaturated/α-hetero) is 1. The van der Waals surface area contributed by atoms with Gasteiger partial charge in [-0.2, -0.15) is 0 Å². The average Bonchev–Trinajstić information content (AvgIpc) is 3.45. The zero-order valence-electron chi connectivity index (χ0n) is 15.5. The summed E-state index contributed by atoms with van der Waals surface area (Å²) in [4.78, 5) is 12.2. The van der Waals surface area contributed by atoms with Gasteiger partial charge in [-0.25, -0.2) is 0 Å². The Morgan fingerprint density at radius 1 is 1.12 bits per heavy atom. The predicted octanol–water partition coefficient (Wildman–Crippen LogP) is 3.67. The maximum atomic E-state index is 12.2. The fourth-order valence-corrected chi connectivity index (χ4v) is 9.25. The molecule has 6 aliphatic carbocycles. The van der Waals surface area contributed by atoms with E-state index in [0.29, 0.717) is 47.7 Å². The average molecular weight is 338 g/mol. The molecule has 11 atom stereocenters. The number of aliphatic hydroxyl groups is 1. The first kappa shape index (κ1) is 15.3. The summed E-state index contributed by atoms with van der Waals surface area (Å²) in [6, 6.07) is 0. The monoisotopic (exact) mass is 338 g/mol. The fourth-order valence-electron chi connectivity index (χ4n) is 9.25. The molecule has 134 valence electrons. The van der Waals surface area contributed by atoms with Gasteiger partial charge in [-0.05, 0) is 78.9 Å². The van der Waals surface area contributed by atoms with Crippen molar-refractivity contribution in [3.05, 3.63) is 0 Å². The summed E-state index contributed by atoms with van der Waals surface area (Å²) in [6.07, 6.45) is 13.0. The Morgan fingerprint density at radius 2 is 1.92 bits per heavy atom. The van der Waals surface area contributed by atoms with Gasteiger partial charge in [-0.3, -0.25) is 4.79 Å². The number of carbonyl (C=O) groups is 1. The molecule has 11 unspecified atom stereocenters. The molecule has 1 N–H and O–H groups in total. The molecule has 0 saturated heterocycles. The summed E-state index contributed by atoms with van der Waals surface area (Å²) in [7, 11) is 0. The van der Waals surface area contributed by atoms with Crippen LogP contribution in [0.1, 0.15) is 58.8 Å². The minimum Gasteiger partial charge on any atom is -0.389 e. The van der Waals surface area contributed by atoms with E-state index >= 15 is 0 Å². The smallest absolute Gasteiger partial charge is 0.135 e. The highest BCUT2D eigenvalue weighted by Crippen LogP contribution is 2.80. The van der Waals surface area contributed by atoms with Crippen molar-refractivity contribution in [3.8, 4) is 12.3 Å². The van der Waals surface area contributed by atoms with Crippen molar-refractivity contribution in [2.75, 3.05) is 0 Å². The Balaban J connectivity index is 1.44. The Kier molecular flexibility index (Phi) is 2.56. The molecule has 0 amide bonds. The van der Waals surface area contributed by atoms with Crippen LogP contribution in [-0.4, -0.2) is 16.5 Å². The predicted molar refractivity (Wildman–Crippen MR) is 95.2 cm³/mol. The van der Waals surface area contributed by atoms with Gasteiger partial charge < -0.3 is 5.11 Å². The molecule has 2 nitrogen and oxygen atoms in total. The van der Waals surface area contributed by atoms with Crippen LogP contribution in [0.4, 0.5) is 0 Å². The lowest BCUT2D eigenvalue weighted by molar-refractivity contribution is -0.211. The van der Waals surface area contributed by atoms with Crippen molar-refractivity contribution >= 4 is 5.78 Å². The minimum atomic E-state index is -0.713. The maximum absolute atomic E-state index is 12.2. The third kappa shape index (κ3) is 1.50. The highest BCUT2D eigenvalue weighted by molar-refractivity contribution is 5.81. The normalized spacial score (nSPS) is 66.4. The van der Waals surface area contributed by atoms with Gasteiger partial charge in [0.1, 0.15) is 5.78 Å². The summed E-state index contributed by atoms with van der Waals surface area (Å²) in [5.41, 5.74) is -0.425. The van der Waals surface area contributed by atoms with Crippen LogP contribution in [0.15, 0.2) is 0 Å². The van der Waals surface area contributed by atoms with Crippen LogP contribution in [0, 0.1) is 70.5 Å². The zero-order valence-corrected chi connectivity index (χ0v) is 15.5. The molecule has 25 heavy (non-hydrogen) atoms. The number of hydrogen-bond donors (Lipinski definition) is 1. The molecule has 6 rings (SSSR count). The Hall–Kier alpha value is -0.810. The van der Waals surface area contributed by atoms with Gasteiger partial charge in [-0.1, -0.05) is 13.8 Å². The van der Waals surface area contributed by atoms with Crippen LogP contribution < -0.4 is 0 Å². The van der Waals surface area contributed by atoms with Gasteiger partial charge in [0.2, 0.25) is 0 Å². The number of hydrogen-bond acceptors (Lipinski definition) is 2. The summed E-state index contributed by atoms with van der Waals surface area (Å²) in [5.74, 6) is 8.83. The zero-order chi connectivity index (χ0) is 17.4. The second kappa shape index (κ2) is 4.19. The largest absolute Gasteiger partial charge is 0.389 e. The lowest BCUT2D eigenvalue weighted by Crippen LogP contribution is -2.64. The second-order valence-corrected chi connectivity index (χ2v) is 11.0. The van der Waals surface area contributed by atoms with E-state index in [1.165, 1.54) is 19.3 Å². The van der Waals surface area contributed by atoms with Gasteiger partial charge in [-0.15, -0.1) is 12.3 Å². The van der Waals surface area contributed by atoms with E-state index in [9.17, 15) is 9.90 Å². The summed E-state index contributed by atoms with van der Waals surface area (Å²) in [6.45, 7) is 4.84. The summed E-state index contributed by atoms with van der Waals surface area (Å²) >= 11 is 0. The molecule has 0 aliphatic heterocycles. The number of ketones is 1. The lowest BCUT2D eigenvalue weighted by Gasteiger charge is -2.63. The molecule has 0 aromatic heterocycles. The van der Waals surface area contributed by atoms with E-state index in [1.807, 2.05) is 0 Å². The van der Waals surface area contributed by atoms with E-state index in [4.69, 9.17) is 6.42 Å². The molecule has 6 saturated carbocycles. The molecule has 0 heterocycles. The summed E-state index contributed by atoms with van der Waals surface area (Å²) in [5, 5.41) is 11.7. The highest BCUT2D eigenvalue weighted by atomic mass is 16.3. The van der Waals surface area contributed by atoms with E-state index in [2.05, 4.69) is 19.8 Å². The highest BCUT2D eigenvalue weighted by Gasteiger charge is 2.78. The van der Waals surface area contributed by atoms with Crippen molar-refractivity contribution in [1.29, 1.82) is 0 Å². The van der Waals surface area contributed by atoms with Crippen molar-refractivity contribution in [1.82, 2.24) is 0 Å². The molecule has 0 bridgehead atoms. The van der Waals surface area contributed by atoms with E-state index < -0.39 is 5.60 Å². The minimum absolute atomic E-state index is 0.0524. The molecule has 6 aliphatic rings. The third-order valence-electron chi connectivity index (χ3n) is 10.5. The molecular weight excluding hydrogens is 308 g/mol. The van der Waals surface area contributed by atoms with Crippen molar-refractivity contribution in [3.63, 3.8) is 0 Å². The van der Waals surface area contributed by atoms with Crippen LogP contribution in [0.25, 0.3) is 0 Å². The van der Waals surface area contributed by atoms with E-state index in [-0.39, 0.29) is 5.41 Å². The molecule has 0 aromatic carbocycles. The molecule has 0 radical (unpaired) electrons. The van der Waals surface area contributed by atoms with E-state index in [0.717, 1.165) is 36.5 Å². The number of carbonyl (C=O) groups excluding carboxylic acids is 1. The van der Waals surface area contributed by atoms with Crippen molar-refractivity contribution < 1.29 is 9.90 Å². The first-order valence-corrected chi connectivity index (χ1v) is 10.6. The number of fused-ring (bicyclic) bond motifs is 10. The quantitative estimate of drug-likeness (QED) is 0.684. The van der Waals surface area contributed by atoms with Crippen molar-refractivity contribution in [2.45, 2.75) is 64.4 Å². The Labute approximate surface area is 151 Å². The Morgan fingerprint density at radius 3 is 2.68 bits per heavy atom. The molecular formula is C23H30O2. The second-order valence-electron chi connectivity index (χ2n) is 11.0. The SMILES string of the molecule is C#CC1C2CC2C2C3C4CC4C4(O)CC(=O)CCC4(C)C3CCC12C. The van der Waals surface area contributed by atoms with Gasteiger partial charge >= 0.3 is 0 Å². The third-order valence-corrected chi connectivity index (χ3v) is 10.5. The van der Waals surface area contributed by atoms with Crippen molar-refractivity contribution in [2.24, 2.45) is 58.2 Å². The molecule has 2 heteroatoms.